The number of nitrogens with one attached hydrogen (secondary N) is 1. The number of likely N-dealkylation sites (N-methyl/N-ethyl adjacent to an activating group) is 1. The second kappa shape index (κ2) is 4.84. The highest BCUT2D eigenvalue weighted by Gasteiger charge is 2.34. The maximum Gasteiger partial charge on any atom is 0.246 e. The zero-order chi connectivity index (χ0) is 12.4. The number of benzene rings is 1. The lowest BCUT2D eigenvalue weighted by Crippen LogP contribution is -2.45. The van der Waals surface area contributed by atoms with Crippen molar-refractivity contribution in [3.05, 3.63) is 29.8 Å². The first kappa shape index (κ1) is 12.0. The van der Waals surface area contributed by atoms with Crippen LogP contribution in [0.3, 0.4) is 0 Å². The van der Waals surface area contributed by atoms with Crippen LogP contribution in [0.15, 0.2) is 24.3 Å². The van der Waals surface area contributed by atoms with Gasteiger partial charge in [0, 0.05) is 12.7 Å². The molecule has 0 unspecified atom stereocenters. The van der Waals surface area contributed by atoms with E-state index in [1.54, 1.807) is 7.05 Å². The molecule has 2 rings (SSSR count). The third kappa shape index (κ3) is 2.47. The van der Waals surface area contributed by atoms with Gasteiger partial charge in [0.2, 0.25) is 5.91 Å². The predicted molar refractivity (Wildman–Crippen MR) is 65.9 cm³/mol. The summed E-state index contributed by atoms with van der Waals surface area (Å²) in [6.07, 6.45) is -0.660. The van der Waals surface area contributed by atoms with Gasteiger partial charge in [-0.25, -0.2) is 4.39 Å². The molecule has 1 heterocycles. The molecule has 1 aliphatic rings. The first-order valence-corrected chi connectivity index (χ1v) is 5.81. The van der Waals surface area contributed by atoms with Crippen molar-refractivity contribution in [1.82, 2.24) is 5.32 Å². The Kier molecular flexibility index (Phi) is 3.43. The van der Waals surface area contributed by atoms with Crippen molar-refractivity contribution < 1.29 is 9.18 Å². The molecule has 0 aromatic heterocycles. The summed E-state index contributed by atoms with van der Waals surface area (Å²) in [7, 11) is 1.68. The summed E-state index contributed by atoms with van der Waals surface area (Å²) in [6.45, 7) is 2.53. The Labute approximate surface area is 101 Å². The monoisotopic (exact) mass is 236 g/mol. The van der Waals surface area contributed by atoms with Crippen LogP contribution < -0.4 is 10.2 Å². The van der Waals surface area contributed by atoms with Gasteiger partial charge in [-0.3, -0.25) is 4.79 Å². The minimum atomic E-state index is -1.07. The molecular weight excluding hydrogens is 219 g/mol. The molecule has 3 nitrogen and oxygen atoms in total. The molecule has 1 fully saturated rings. The lowest BCUT2D eigenvalue weighted by Gasteiger charge is -2.22. The quantitative estimate of drug-likeness (QED) is 0.847. The summed E-state index contributed by atoms with van der Waals surface area (Å²) in [5, 5.41) is 2.91. The van der Waals surface area contributed by atoms with Gasteiger partial charge in [0.05, 0.1) is 0 Å². The van der Waals surface area contributed by atoms with E-state index in [1.807, 2.05) is 31.2 Å². The molecule has 92 valence electrons. The number of aryl methyl sites for hydroxylation is 1. The molecule has 1 aromatic rings. The number of nitrogens with zero attached hydrogens (tertiary/aromatic N) is 1. The van der Waals surface area contributed by atoms with Gasteiger partial charge in [-0.2, -0.15) is 0 Å². The Balaban J connectivity index is 2.14. The van der Waals surface area contributed by atoms with Crippen LogP contribution >= 0.6 is 0 Å². The number of carbonyl (C=O) groups excluding carboxylic acids is 1. The average Bonchev–Trinajstić information content (AvgIpc) is 2.73. The standard InChI is InChI=1S/C13H17FN2O/c1-9-4-3-5-10(8-9)16(2)13(17)12-11(14)6-7-15-12/h3-5,8,11-12,15H,6-7H2,1-2H3/t11-,12+/m1/s1. The molecule has 0 radical (unpaired) electrons. The predicted octanol–water partition coefficient (Wildman–Crippen LogP) is 1.66. The number of alkyl halides is 1. The van der Waals surface area contributed by atoms with Gasteiger partial charge in [0.15, 0.2) is 0 Å². The zero-order valence-electron chi connectivity index (χ0n) is 10.1. The van der Waals surface area contributed by atoms with Crippen molar-refractivity contribution in [1.29, 1.82) is 0 Å². The number of carbonyl (C=O) groups is 1. The Morgan fingerprint density at radius 2 is 2.29 bits per heavy atom. The Morgan fingerprint density at radius 1 is 1.53 bits per heavy atom. The van der Waals surface area contributed by atoms with Gasteiger partial charge in [-0.15, -0.1) is 0 Å². The molecule has 17 heavy (non-hydrogen) atoms. The van der Waals surface area contributed by atoms with E-state index in [-0.39, 0.29) is 5.91 Å². The molecule has 4 heteroatoms. The summed E-state index contributed by atoms with van der Waals surface area (Å²) in [5.74, 6) is -0.208. The minimum Gasteiger partial charge on any atom is -0.314 e. The smallest absolute Gasteiger partial charge is 0.246 e. The summed E-state index contributed by atoms with van der Waals surface area (Å²) in [5.41, 5.74) is 1.88. The number of amides is 1. The average molecular weight is 236 g/mol. The minimum absolute atomic E-state index is 0.208. The molecule has 1 saturated heterocycles. The summed E-state index contributed by atoms with van der Waals surface area (Å²) in [6, 6.07) is 6.94. The first-order chi connectivity index (χ1) is 8.09. The van der Waals surface area contributed by atoms with Crippen molar-refractivity contribution in [2.75, 3.05) is 18.5 Å². The Morgan fingerprint density at radius 3 is 2.88 bits per heavy atom. The van der Waals surface area contributed by atoms with Crippen LogP contribution in [0, 0.1) is 6.92 Å². The SMILES string of the molecule is Cc1cccc(N(C)C(=O)[C@H]2NCC[C@H]2F)c1. The highest BCUT2D eigenvalue weighted by Crippen LogP contribution is 2.19. The van der Waals surface area contributed by atoms with Crippen LogP contribution in [0.5, 0.6) is 0 Å². The highest BCUT2D eigenvalue weighted by molar-refractivity contribution is 5.97. The molecule has 1 aromatic carbocycles. The van der Waals surface area contributed by atoms with Crippen molar-refractivity contribution >= 4 is 11.6 Å². The summed E-state index contributed by atoms with van der Waals surface area (Å²) in [4.78, 5) is 13.6. The van der Waals surface area contributed by atoms with Crippen LogP contribution in [0.25, 0.3) is 0 Å². The lowest BCUT2D eigenvalue weighted by molar-refractivity contribution is -0.121. The van der Waals surface area contributed by atoms with E-state index in [1.165, 1.54) is 4.90 Å². The third-order valence-corrected chi connectivity index (χ3v) is 3.13. The van der Waals surface area contributed by atoms with Gasteiger partial charge in [0.1, 0.15) is 12.2 Å². The molecule has 1 N–H and O–H groups in total. The molecule has 1 amide bonds. The van der Waals surface area contributed by atoms with Crippen molar-refractivity contribution in [2.24, 2.45) is 0 Å². The van der Waals surface area contributed by atoms with E-state index < -0.39 is 12.2 Å². The Bertz CT molecular complexity index is 422. The number of hydrogen-bond donors (Lipinski definition) is 1. The van der Waals surface area contributed by atoms with Gasteiger partial charge in [-0.1, -0.05) is 12.1 Å². The lowest BCUT2D eigenvalue weighted by atomic mass is 10.1. The first-order valence-electron chi connectivity index (χ1n) is 5.81. The Hall–Kier alpha value is -1.42. The number of anilines is 1. The van der Waals surface area contributed by atoms with Gasteiger partial charge in [0.25, 0.3) is 0 Å². The number of rotatable bonds is 2. The fourth-order valence-electron chi connectivity index (χ4n) is 2.09. The van der Waals surface area contributed by atoms with E-state index in [0.29, 0.717) is 13.0 Å². The highest BCUT2D eigenvalue weighted by atomic mass is 19.1. The molecular formula is C13H17FN2O. The largest absolute Gasteiger partial charge is 0.314 e. The number of halogens is 1. The molecule has 0 aliphatic carbocycles. The summed E-state index contributed by atoms with van der Waals surface area (Å²) >= 11 is 0. The molecule has 0 saturated carbocycles. The van der Waals surface area contributed by atoms with Crippen LogP contribution in [0.2, 0.25) is 0 Å². The maximum atomic E-state index is 13.5. The van der Waals surface area contributed by atoms with Gasteiger partial charge >= 0.3 is 0 Å². The summed E-state index contributed by atoms with van der Waals surface area (Å²) < 4.78 is 13.5. The van der Waals surface area contributed by atoms with E-state index in [4.69, 9.17) is 0 Å². The normalized spacial score (nSPS) is 23.7. The van der Waals surface area contributed by atoms with Crippen molar-refractivity contribution in [2.45, 2.75) is 25.6 Å². The fraction of sp³-hybridized carbons (Fsp3) is 0.462. The van der Waals surface area contributed by atoms with E-state index in [0.717, 1.165) is 11.3 Å². The van der Waals surface area contributed by atoms with Crippen LogP contribution in [0.4, 0.5) is 10.1 Å². The van der Waals surface area contributed by atoms with Crippen molar-refractivity contribution in [3.63, 3.8) is 0 Å². The van der Waals surface area contributed by atoms with E-state index >= 15 is 0 Å². The van der Waals surface area contributed by atoms with Crippen molar-refractivity contribution in [3.8, 4) is 0 Å². The van der Waals surface area contributed by atoms with Gasteiger partial charge < -0.3 is 10.2 Å². The second-order valence-electron chi connectivity index (χ2n) is 4.47. The maximum absolute atomic E-state index is 13.5. The topological polar surface area (TPSA) is 32.3 Å². The zero-order valence-corrected chi connectivity index (χ0v) is 10.1. The van der Waals surface area contributed by atoms with Crippen LogP contribution in [0.1, 0.15) is 12.0 Å². The van der Waals surface area contributed by atoms with E-state index in [9.17, 15) is 9.18 Å². The fourth-order valence-corrected chi connectivity index (χ4v) is 2.09. The molecule has 1 aliphatic heterocycles. The molecule has 0 bridgehead atoms. The number of hydrogen-bond acceptors (Lipinski definition) is 2. The molecule has 2 atom stereocenters. The van der Waals surface area contributed by atoms with Crippen LogP contribution in [-0.4, -0.2) is 31.7 Å². The van der Waals surface area contributed by atoms with Crippen LogP contribution in [-0.2, 0) is 4.79 Å². The molecule has 0 spiro atoms. The van der Waals surface area contributed by atoms with E-state index in [2.05, 4.69) is 5.32 Å². The second-order valence-corrected chi connectivity index (χ2v) is 4.47. The van der Waals surface area contributed by atoms with Gasteiger partial charge in [-0.05, 0) is 37.6 Å². The third-order valence-electron chi connectivity index (χ3n) is 3.13.